The van der Waals surface area contributed by atoms with Crippen LogP contribution in [-0.2, 0) is 10.5 Å². The first kappa shape index (κ1) is 18.8. The molecule has 26 heavy (non-hydrogen) atoms. The van der Waals surface area contributed by atoms with Crippen molar-refractivity contribution in [3.05, 3.63) is 64.7 Å². The van der Waals surface area contributed by atoms with Gasteiger partial charge in [-0.1, -0.05) is 41.9 Å². The summed E-state index contributed by atoms with van der Waals surface area (Å²) in [6.45, 7) is 0.879. The van der Waals surface area contributed by atoms with E-state index in [4.69, 9.17) is 11.6 Å². The van der Waals surface area contributed by atoms with Gasteiger partial charge < -0.3 is 10.0 Å². The topological polar surface area (TPSA) is 57.6 Å². The van der Waals surface area contributed by atoms with Gasteiger partial charge in [0.25, 0.3) is 5.91 Å². The monoisotopic (exact) mass is 389 g/mol. The van der Waals surface area contributed by atoms with Crippen LogP contribution in [0.15, 0.2) is 53.4 Å². The van der Waals surface area contributed by atoms with Crippen LogP contribution in [0.5, 0.6) is 0 Å². The van der Waals surface area contributed by atoms with E-state index in [1.165, 1.54) is 0 Å². The minimum Gasteiger partial charge on any atom is -0.481 e. The van der Waals surface area contributed by atoms with Gasteiger partial charge in [-0.15, -0.1) is 11.8 Å². The van der Waals surface area contributed by atoms with Crippen molar-refractivity contribution in [2.75, 3.05) is 13.1 Å². The number of thioether (sulfide) groups is 1. The third-order valence-corrected chi connectivity index (χ3v) is 6.01. The third kappa shape index (κ3) is 4.40. The van der Waals surface area contributed by atoms with Crippen LogP contribution in [0.1, 0.15) is 28.8 Å². The second-order valence-corrected chi connectivity index (χ2v) is 7.73. The fourth-order valence-electron chi connectivity index (χ4n) is 3.07. The molecule has 0 unspecified atom stereocenters. The molecule has 0 aromatic heterocycles. The average Bonchev–Trinajstić information content (AvgIpc) is 2.67. The van der Waals surface area contributed by atoms with Gasteiger partial charge in [0.2, 0.25) is 0 Å². The Labute approximate surface area is 162 Å². The lowest BCUT2D eigenvalue weighted by Gasteiger charge is -2.31. The number of carbonyl (C=O) groups is 2. The molecule has 0 spiro atoms. The summed E-state index contributed by atoms with van der Waals surface area (Å²) in [5.41, 5.74) is 1.64. The molecule has 0 radical (unpaired) electrons. The summed E-state index contributed by atoms with van der Waals surface area (Å²) in [5.74, 6) is -0.737. The number of carboxylic acids is 1. The zero-order chi connectivity index (χ0) is 18.5. The molecule has 1 heterocycles. The lowest BCUT2D eigenvalue weighted by atomic mass is 9.97. The van der Waals surface area contributed by atoms with Crippen molar-refractivity contribution in [2.45, 2.75) is 23.5 Å². The Morgan fingerprint density at radius 1 is 1.15 bits per heavy atom. The Kier molecular flexibility index (Phi) is 6.22. The first-order valence-electron chi connectivity index (χ1n) is 8.53. The first-order valence-corrected chi connectivity index (χ1v) is 9.90. The smallest absolute Gasteiger partial charge is 0.308 e. The molecule has 4 nitrogen and oxygen atoms in total. The number of carbonyl (C=O) groups excluding carboxylic acids is 1. The van der Waals surface area contributed by atoms with Crippen molar-refractivity contribution < 1.29 is 14.7 Å². The first-order chi connectivity index (χ1) is 12.6. The van der Waals surface area contributed by atoms with Crippen LogP contribution >= 0.6 is 23.4 Å². The summed E-state index contributed by atoms with van der Waals surface area (Å²) >= 11 is 7.78. The number of benzene rings is 2. The molecule has 1 fully saturated rings. The van der Waals surface area contributed by atoms with Gasteiger partial charge in [-0.25, -0.2) is 0 Å². The standard InChI is InChI=1S/C20H20ClNO3S/c21-17-9-3-1-6-15(17)13-26-18-10-4-2-8-16(18)19(23)22-11-5-7-14(12-22)20(24)25/h1-4,6,8-10,14H,5,7,11-13H2,(H,24,25)/t14-/m0/s1. The fraction of sp³-hybridized carbons (Fsp3) is 0.300. The van der Waals surface area contributed by atoms with Crippen molar-refractivity contribution in [1.82, 2.24) is 4.90 Å². The second-order valence-electron chi connectivity index (χ2n) is 6.30. The number of piperidine rings is 1. The Hall–Kier alpha value is -1.98. The van der Waals surface area contributed by atoms with Crippen molar-refractivity contribution in [2.24, 2.45) is 5.92 Å². The van der Waals surface area contributed by atoms with Crippen molar-refractivity contribution in [1.29, 1.82) is 0 Å². The SMILES string of the molecule is O=C(O)[C@H]1CCCN(C(=O)c2ccccc2SCc2ccccc2Cl)C1. The van der Waals surface area contributed by atoms with Crippen molar-refractivity contribution >= 4 is 35.2 Å². The summed E-state index contributed by atoms with van der Waals surface area (Å²) in [4.78, 5) is 26.8. The molecule has 1 aliphatic heterocycles. The molecule has 1 N–H and O–H groups in total. The number of nitrogens with zero attached hydrogens (tertiary/aromatic N) is 1. The van der Waals surface area contributed by atoms with Gasteiger partial charge in [0, 0.05) is 28.8 Å². The molecule has 2 aromatic carbocycles. The van der Waals surface area contributed by atoms with Crippen LogP contribution in [0.2, 0.25) is 5.02 Å². The molecule has 2 aromatic rings. The van der Waals surface area contributed by atoms with E-state index >= 15 is 0 Å². The number of halogens is 1. The van der Waals surface area contributed by atoms with Gasteiger partial charge in [0.15, 0.2) is 0 Å². The molecule has 0 aliphatic carbocycles. The molecular formula is C20H20ClNO3S. The number of hydrogen-bond donors (Lipinski definition) is 1. The lowest BCUT2D eigenvalue weighted by Crippen LogP contribution is -2.42. The van der Waals surface area contributed by atoms with E-state index in [0.717, 1.165) is 16.9 Å². The molecule has 1 atom stereocenters. The van der Waals surface area contributed by atoms with Gasteiger partial charge in [0.1, 0.15) is 0 Å². The maximum Gasteiger partial charge on any atom is 0.308 e. The highest BCUT2D eigenvalue weighted by Crippen LogP contribution is 2.30. The Bertz CT molecular complexity index is 811. The zero-order valence-corrected chi connectivity index (χ0v) is 15.8. The predicted octanol–water partition coefficient (Wildman–Crippen LogP) is 4.57. The summed E-state index contributed by atoms with van der Waals surface area (Å²) < 4.78 is 0. The van der Waals surface area contributed by atoms with Gasteiger partial charge in [-0.3, -0.25) is 9.59 Å². The number of hydrogen-bond acceptors (Lipinski definition) is 3. The van der Waals surface area contributed by atoms with E-state index in [1.807, 2.05) is 48.5 Å². The number of rotatable bonds is 5. The minimum absolute atomic E-state index is 0.0989. The molecule has 1 aliphatic rings. The third-order valence-electron chi connectivity index (χ3n) is 4.52. The Balaban J connectivity index is 1.75. The summed E-state index contributed by atoms with van der Waals surface area (Å²) in [6, 6.07) is 15.1. The number of carboxylic acid groups (broad SMARTS) is 1. The number of amides is 1. The molecular weight excluding hydrogens is 370 g/mol. The average molecular weight is 390 g/mol. The van der Waals surface area contributed by atoms with Crippen LogP contribution in [0.3, 0.4) is 0 Å². The molecule has 136 valence electrons. The molecule has 3 rings (SSSR count). The molecule has 6 heteroatoms. The zero-order valence-electron chi connectivity index (χ0n) is 14.2. The predicted molar refractivity (Wildman–Crippen MR) is 104 cm³/mol. The second kappa shape index (κ2) is 8.60. The summed E-state index contributed by atoms with van der Waals surface area (Å²) in [5, 5.41) is 9.96. The highest BCUT2D eigenvalue weighted by Gasteiger charge is 2.29. The van der Waals surface area contributed by atoms with E-state index in [1.54, 1.807) is 16.7 Å². The van der Waals surface area contributed by atoms with Gasteiger partial charge >= 0.3 is 5.97 Å². The maximum atomic E-state index is 13.0. The van der Waals surface area contributed by atoms with Gasteiger partial charge in [-0.2, -0.15) is 0 Å². The lowest BCUT2D eigenvalue weighted by molar-refractivity contribution is -0.143. The summed E-state index contributed by atoms with van der Waals surface area (Å²) in [7, 11) is 0. The fourth-order valence-corrected chi connectivity index (χ4v) is 4.40. The van der Waals surface area contributed by atoms with E-state index in [9.17, 15) is 14.7 Å². The quantitative estimate of drug-likeness (QED) is 0.761. The number of aliphatic carboxylic acids is 1. The van der Waals surface area contributed by atoms with Crippen LogP contribution < -0.4 is 0 Å². The van der Waals surface area contributed by atoms with Crippen LogP contribution in [-0.4, -0.2) is 35.0 Å². The highest BCUT2D eigenvalue weighted by molar-refractivity contribution is 7.98. The normalized spacial score (nSPS) is 17.1. The van der Waals surface area contributed by atoms with E-state index in [2.05, 4.69) is 0 Å². The molecule has 0 saturated carbocycles. The maximum absolute atomic E-state index is 13.0. The summed E-state index contributed by atoms with van der Waals surface area (Å²) in [6.07, 6.45) is 1.35. The van der Waals surface area contributed by atoms with Crippen LogP contribution in [0.4, 0.5) is 0 Å². The van der Waals surface area contributed by atoms with Gasteiger partial charge in [-0.05, 0) is 36.6 Å². The Morgan fingerprint density at radius 3 is 2.65 bits per heavy atom. The Morgan fingerprint density at radius 2 is 1.88 bits per heavy atom. The minimum atomic E-state index is -0.830. The van der Waals surface area contributed by atoms with E-state index < -0.39 is 11.9 Å². The highest BCUT2D eigenvalue weighted by atomic mass is 35.5. The van der Waals surface area contributed by atoms with E-state index in [-0.39, 0.29) is 12.5 Å². The molecule has 1 saturated heterocycles. The molecule has 0 bridgehead atoms. The van der Waals surface area contributed by atoms with E-state index in [0.29, 0.717) is 29.3 Å². The molecule has 1 amide bonds. The van der Waals surface area contributed by atoms with Crippen LogP contribution in [0, 0.1) is 5.92 Å². The van der Waals surface area contributed by atoms with Gasteiger partial charge in [0.05, 0.1) is 11.5 Å². The number of likely N-dealkylation sites (tertiary alicyclic amines) is 1. The van der Waals surface area contributed by atoms with Crippen molar-refractivity contribution in [3.63, 3.8) is 0 Å². The van der Waals surface area contributed by atoms with Crippen molar-refractivity contribution in [3.8, 4) is 0 Å². The largest absolute Gasteiger partial charge is 0.481 e. The van der Waals surface area contributed by atoms with Crippen LogP contribution in [0.25, 0.3) is 0 Å².